The van der Waals surface area contributed by atoms with Crippen LogP contribution in [0, 0.1) is 0 Å². The summed E-state index contributed by atoms with van der Waals surface area (Å²) < 4.78 is 0. The molecule has 0 aliphatic rings. The Morgan fingerprint density at radius 1 is 1.27 bits per heavy atom. The summed E-state index contributed by atoms with van der Waals surface area (Å²) in [5.41, 5.74) is 1.12. The third kappa shape index (κ3) is 2.49. The van der Waals surface area contributed by atoms with Gasteiger partial charge < -0.3 is 0 Å². The molecule has 2 aromatic rings. The van der Waals surface area contributed by atoms with Crippen molar-refractivity contribution in [1.29, 1.82) is 0 Å². The molecule has 4 heteroatoms. The van der Waals surface area contributed by atoms with Gasteiger partial charge in [-0.3, -0.25) is 0 Å². The van der Waals surface area contributed by atoms with Gasteiger partial charge in [0.25, 0.3) is 0 Å². The van der Waals surface area contributed by atoms with Crippen molar-refractivity contribution >= 4 is 12.3 Å². The first-order chi connectivity index (χ1) is 7.38. The zero-order chi connectivity index (χ0) is 10.5. The molecule has 0 bridgehead atoms. The summed E-state index contributed by atoms with van der Waals surface area (Å²) in [6.45, 7) is 2.00. The molecule has 2 rings (SSSR count). The summed E-state index contributed by atoms with van der Waals surface area (Å²) in [7, 11) is 0. The monoisotopic (exact) mass is 200 g/mol. The van der Waals surface area contributed by atoms with Crippen molar-refractivity contribution < 1.29 is 0 Å². The topological polar surface area (TPSA) is 43.6 Å². The van der Waals surface area contributed by atoms with Crippen LogP contribution < -0.4 is 0 Å². The average molecular weight is 200 g/mol. The standard InChI is InChI=1S/C11H12N4/c1-2-11-12-14-15(13-11)9-8-10-6-4-3-5-7-10/h3-9H,2H2,1H3/b9-8+. The molecular weight excluding hydrogens is 188 g/mol. The van der Waals surface area contributed by atoms with Crippen molar-refractivity contribution in [2.75, 3.05) is 0 Å². The zero-order valence-electron chi connectivity index (χ0n) is 8.54. The van der Waals surface area contributed by atoms with Crippen LogP contribution in [0.4, 0.5) is 0 Å². The largest absolute Gasteiger partial charge is 0.174 e. The molecule has 0 aliphatic carbocycles. The van der Waals surface area contributed by atoms with Gasteiger partial charge in [0.15, 0.2) is 5.82 Å². The molecule has 1 aromatic heterocycles. The Morgan fingerprint density at radius 2 is 2.07 bits per heavy atom. The highest BCUT2D eigenvalue weighted by molar-refractivity contribution is 5.59. The van der Waals surface area contributed by atoms with Crippen molar-refractivity contribution in [2.24, 2.45) is 0 Å². The molecule has 0 radical (unpaired) electrons. The number of hydrogen-bond donors (Lipinski definition) is 0. The Kier molecular flexibility index (Phi) is 2.88. The Hall–Kier alpha value is -1.97. The first-order valence-electron chi connectivity index (χ1n) is 4.90. The van der Waals surface area contributed by atoms with E-state index in [9.17, 15) is 0 Å². The lowest BCUT2D eigenvalue weighted by molar-refractivity contribution is 0.759. The summed E-state index contributed by atoms with van der Waals surface area (Å²) in [4.78, 5) is 1.48. The minimum Gasteiger partial charge on any atom is -0.138 e. The van der Waals surface area contributed by atoms with Crippen LogP contribution in [0.25, 0.3) is 12.3 Å². The fourth-order valence-corrected chi connectivity index (χ4v) is 1.18. The number of aryl methyl sites for hydroxylation is 1. The molecule has 1 heterocycles. The van der Waals surface area contributed by atoms with Crippen molar-refractivity contribution in [3.8, 4) is 0 Å². The number of rotatable bonds is 3. The molecule has 0 N–H and O–H groups in total. The van der Waals surface area contributed by atoms with Gasteiger partial charge in [-0.25, -0.2) is 0 Å². The van der Waals surface area contributed by atoms with E-state index < -0.39 is 0 Å². The van der Waals surface area contributed by atoms with Crippen LogP contribution in [-0.4, -0.2) is 20.2 Å². The Labute approximate surface area is 88.2 Å². The van der Waals surface area contributed by atoms with E-state index in [0.717, 1.165) is 17.8 Å². The number of tetrazole rings is 1. The van der Waals surface area contributed by atoms with Crippen LogP contribution in [0.5, 0.6) is 0 Å². The van der Waals surface area contributed by atoms with E-state index in [1.807, 2.05) is 43.3 Å². The maximum Gasteiger partial charge on any atom is 0.174 e. The molecule has 0 unspecified atom stereocenters. The zero-order valence-corrected chi connectivity index (χ0v) is 8.54. The second-order valence-electron chi connectivity index (χ2n) is 3.11. The van der Waals surface area contributed by atoms with Crippen molar-refractivity contribution in [2.45, 2.75) is 13.3 Å². The van der Waals surface area contributed by atoms with Gasteiger partial charge >= 0.3 is 0 Å². The Morgan fingerprint density at radius 3 is 2.73 bits per heavy atom. The predicted octanol–water partition coefficient (Wildman–Crippen LogP) is 1.86. The molecule has 76 valence electrons. The smallest absolute Gasteiger partial charge is 0.138 e. The second-order valence-corrected chi connectivity index (χ2v) is 3.11. The molecule has 0 amide bonds. The molecule has 0 spiro atoms. The lowest BCUT2D eigenvalue weighted by Crippen LogP contribution is -1.91. The highest BCUT2D eigenvalue weighted by Gasteiger charge is 1.95. The van der Waals surface area contributed by atoms with E-state index in [1.54, 1.807) is 6.20 Å². The SMILES string of the molecule is CCc1nnn(/C=C/c2ccccc2)n1. The van der Waals surface area contributed by atoms with Gasteiger partial charge in [0.05, 0.1) is 6.20 Å². The van der Waals surface area contributed by atoms with E-state index in [0.29, 0.717) is 0 Å². The van der Waals surface area contributed by atoms with E-state index in [1.165, 1.54) is 4.80 Å². The van der Waals surface area contributed by atoms with Crippen molar-refractivity contribution in [1.82, 2.24) is 20.2 Å². The fraction of sp³-hybridized carbons (Fsp3) is 0.182. The van der Waals surface area contributed by atoms with Crippen LogP contribution in [0.2, 0.25) is 0 Å². The molecule has 4 nitrogen and oxygen atoms in total. The molecule has 0 saturated heterocycles. The molecule has 0 saturated carbocycles. The third-order valence-electron chi connectivity index (χ3n) is 1.99. The predicted molar refractivity (Wildman–Crippen MR) is 58.9 cm³/mol. The van der Waals surface area contributed by atoms with E-state index in [4.69, 9.17) is 0 Å². The van der Waals surface area contributed by atoms with Crippen LogP contribution in [-0.2, 0) is 6.42 Å². The van der Waals surface area contributed by atoms with Crippen LogP contribution in [0.15, 0.2) is 30.3 Å². The van der Waals surface area contributed by atoms with E-state index in [2.05, 4.69) is 15.4 Å². The van der Waals surface area contributed by atoms with Crippen LogP contribution >= 0.6 is 0 Å². The normalized spacial score (nSPS) is 11.0. The number of aromatic nitrogens is 4. The van der Waals surface area contributed by atoms with Gasteiger partial charge in [0.1, 0.15) is 0 Å². The maximum atomic E-state index is 4.15. The van der Waals surface area contributed by atoms with Gasteiger partial charge in [-0.05, 0) is 16.9 Å². The molecule has 0 fully saturated rings. The molecule has 0 aliphatic heterocycles. The summed E-state index contributed by atoms with van der Waals surface area (Å²) in [6, 6.07) is 10.0. The quantitative estimate of drug-likeness (QED) is 0.759. The summed E-state index contributed by atoms with van der Waals surface area (Å²) >= 11 is 0. The lowest BCUT2D eigenvalue weighted by Gasteiger charge is -1.90. The van der Waals surface area contributed by atoms with Gasteiger partial charge in [-0.15, -0.1) is 15.0 Å². The number of benzene rings is 1. The molecule has 0 atom stereocenters. The average Bonchev–Trinajstić information content (AvgIpc) is 2.76. The van der Waals surface area contributed by atoms with Gasteiger partial charge in [0.2, 0.25) is 0 Å². The molecular formula is C11H12N4. The van der Waals surface area contributed by atoms with Gasteiger partial charge in [-0.1, -0.05) is 37.3 Å². The first kappa shape index (κ1) is 9.58. The number of nitrogens with zero attached hydrogens (tertiary/aromatic N) is 4. The van der Waals surface area contributed by atoms with Crippen LogP contribution in [0.1, 0.15) is 18.3 Å². The Balaban J connectivity index is 2.11. The fourth-order valence-electron chi connectivity index (χ4n) is 1.18. The van der Waals surface area contributed by atoms with Crippen molar-refractivity contribution in [3.05, 3.63) is 41.7 Å². The van der Waals surface area contributed by atoms with E-state index in [-0.39, 0.29) is 0 Å². The van der Waals surface area contributed by atoms with Gasteiger partial charge in [-0.2, -0.15) is 0 Å². The first-order valence-corrected chi connectivity index (χ1v) is 4.90. The van der Waals surface area contributed by atoms with E-state index >= 15 is 0 Å². The number of hydrogen-bond acceptors (Lipinski definition) is 3. The van der Waals surface area contributed by atoms with Gasteiger partial charge in [0, 0.05) is 6.42 Å². The highest BCUT2D eigenvalue weighted by atomic mass is 15.6. The lowest BCUT2D eigenvalue weighted by atomic mass is 10.2. The van der Waals surface area contributed by atoms with Crippen LogP contribution in [0.3, 0.4) is 0 Å². The molecule has 15 heavy (non-hydrogen) atoms. The highest BCUT2D eigenvalue weighted by Crippen LogP contribution is 2.01. The summed E-state index contributed by atoms with van der Waals surface area (Å²) in [5.74, 6) is 0.757. The summed E-state index contributed by atoms with van der Waals surface area (Å²) in [6.07, 6.45) is 4.54. The minimum absolute atomic E-state index is 0.757. The second kappa shape index (κ2) is 4.50. The molecule has 1 aromatic carbocycles. The maximum absolute atomic E-state index is 4.15. The van der Waals surface area contributed by atoms with Crippen molar-refractivity contribution in [3.63, 3.8) is 0 Å². The third-order valence-corrected chi connectivity index (χ3v) is 1.99. The Bertz CT molecular complexity index is 445. The summed E-state index contributed by atoms with van der Waals surface area (Å²) in [5, 5.41) is 11.9. The minimum atomic E-state index is 0.757.